The molecule has 0 bridgehead atoms. The van der Waals surface area contributed by atoms with E-state index < -0.39 is 10.0 Å². The molecule has 1 amide bonds. The summed E-state index contributed by atoms with van der Waals surface area (Å²) in [4.78, 5) is 17.3. The lowest BCUT2D eigenvalue weighted by atomic mass is 9.74. The van der Waals surface area contributed by atoms with Crippen molar-refractivity contribution >= 4 is 33.6 Å². The van der Waals surface area contributed by atoms with E-state index in [0.717, 1.165) is 25.9 Å². The van der Waals surface area contributed by atoms with Crippen molar-refractivity contribution in [1.29, 1.82) is 0 Å². The van der Waals surface area contributed by atoms with Crippen LogP contribution in [0.15, 0.2) is 59.5 Å². The Labute approximate surface area is 206 Å². The van der Waals surface area contributed by atoms with Crippen LogP contribution in [0.3, 0.4) is 0 Å². The molecule has 180 valence electrons. The van der Waals surface area contributed by atoms with Gasteiger partial charge >= 0.3 is 0 Å². The van der Waals surface area contributed by atoms with E-state index in [0.29, 0.717) is 39.1 Å². The summed E-state index contributed by atoms with van der Waals surface area (Å²) in [6, 6.07) is 15.1. The summed E-state index contributed by atoms with van der Waals surface area (Å²) in [7, 11) is -3.65. The molecule has 0 radical (unpaired) electrons. The molecular weight excluding hydrogens is 470 g/mol. The Bertz CT molecular complexity index is 1210. The number of hydrogen-bond donors (Lipinski definition) is 0. The van der Waals surface area contributed by atoms with Gasteiger partial charge in [-0.05, 0) is 49.1 Å². The van der Waals surface area contributed by atoms with Gasteiger partial charge in [-0.25, -0.2) is 8.42 Å². The predicted molar refractivity (Wildman–Crippen MR) is 134 cm³/mol. The minimum absolute atomic E-state index is 0.0591. The number of likely N-dealkylation sites (tertiary alicyclic amines) is 1. The van der Waals surface area contributed by atoms with Crippen LogP contribution in [-0.4, -0.2) is 74.2 Å². The maximum atomic E-state index is 13.1. The summed E-state index contributed by atoms with van der Waals surface area (Å²) in [6.45, 7) is 3.84. The van der Waals surface area contributed by atoms with Gasteiger partial charge in [-0.15, -0.1) is 0 Å². The van der Waals surface area contributed by atoms with Gasteiger partial charge in [0.1, 0.15) is 4.90 Å². The molecule has 2 aromatic rings. The zero-order chi connectivity index (χ0) is 23.8. The van der Waals surface area contributed by atoms with E-state index in [2.05, 4.69) is 41.3 Å². The molecule has 0 N–H and O–H groups in total. The first-order chi connectivity index (χ1) is 16.4. The molecule has 0 aromatic heterocycles. The summed E-state index contributed by atoms with van der Waals surface area (Å²) in [5.41, 5.74) is 2.74. The highest BCUT2D eigenvalue weighted by Crippen LogP contribution is 2.43. The first-order valence-electron chi connectivity index (χ1n) is 11.9. The third-order valence-electron chi connectivity index (χ3n) is 7.45. The summed E-state index contributed by atoms with van der Waals surface area (Å²) >= 11 is 6.15. The standard InChI is InChI=1S/C26H30ClN3O3S/c27-23-8-3-4-9-24(23)34(32,33)30-15-5-14-28(18-19-30)20-25(31)29-16-12-26(13-17-29)11-10-21-6-1-2-7-22(21)26/h1-4,6-11H,5,12-20H2. The van der Waals surface area contributed by atoms with Gasteiger partial charge in [0.15, 0.2) is 0 Å². The lowest BCUT2D eigenvalue weighted by Gasteiger charge is -2.40. The Morgan fingerprint density at radius 3 is 2.44 bits per heavy atom. The molecular formula is C26H30ClN3O3S. The molecule has 2 aliphatic heterocycles. The van der Waals surface area contributed by atoms with Crippen molar-refractivity contribution < 1.29 is 13.2 Å². The quantitative estimate of drug-likeness (QED) is 0.644. The smallest absolute Gasteiger partial charge is 0.244 e. The fourth-order valence-corrected chi connectivity index (χ4v) is 7.42. The van der Waals surface area contributed by atoms with E-state index in [1.807, 2.05) is 4.90 Å². The van der Waals surface area contributed by atoms with Gasteiger partial charge in [-0.2, -0.15) is 4.31 Å². The first-order valence-corrected chi connectivity index (χ1v) is 13.7. The van der Waals surface area contributed by atoms with Crippen LogP contribution in [0.5, 0.6) is 0 Å². The zero-order valence-electron chi connectivity index (χ0n) is 19.2. The molecule has 5 rings (SSSR count). The van der Waals surface area contributed by atoms with Crippen LogP contribution in [0.4, 0.5) is 0 Å². The van der Waals surface area contributed by atoms with Crippen LogP contribution in [0.25, 0.3) is 6.08 Å². The fourth-order valence-electron chi connectivity index (χ4n) is 5.46. The highest BCUT2D eigenvalue weighted by Gasteiger charge is 2.39. The molecule has 6 nitrogen and oxygen atoms in total. The van der Waals surface area contributed by atoms with Gasteiger partial charge in [0, 0.05) is 38.1 Å². The van der Waals surface area contributed by atoms with Crippen molar-refractivity contribution in [3.8, 4) is 0 Å². The minimum Gasteiger partial charge on any atom is -0.342 e. The fraction of sp³-hybridized carbons (Fsp3) is 0.423. The van der Waals surface area contributed by atoms with Crippen molar-refractivity contribution in [3.05, 3.63) is 70.8 Å². The average Bonchev–Trinajstić information content (AvgIpc) is 3.01. The number of benzene rings is 2. The Morgan fingerprint density at radius 2 is 1.65 bits per heavy atom. The topological polar surface area (TPSA) is 60.9 Å². The van der Waals surface area contributed by atoms with E-state index in [4.69, 9.17) is 11.6 Å². The molecule has 0 unspecified atom stereocenters. The molecule has 34 heavy (non-hydrogen) atoms. The van der Waals surface area contributed by atoms with Crippen LogP contribution >= 0.6 is 11.6 Å². The van der Waals surface area contributed by atoms with Crippen molar-refractivity contribution in [2.75, 3.05) is 45.8 Å². The van der Waals surface area contributed by atoms with Gasteiger partial charge in [0.05, 0.1) is 11.6 Å². The van der Waals surface area contributed by atoms with Crippen molar-refractivity contribution in [2.45, 2.75) is 29.6 Å². The predicted octanol–water partition coefficient (Wildman–Crippen LogP) is 3.62. The normalized spacial score (nSPS) is 20.9. The van der Waals surface area contributed by atoms with E-state index >= 15 is 0 Å². The van der Waals surface area contributed by atoms with E-state index in [1.54, 1.807) is 24.3 Å². The maximum Gasteiger partial charge on any atom is 0.244 e. The van der Waals surface area contributed by atoms with E-state index in [9.17, 15) is 13.2 Å². The number of rotatable bonds is 4. The lowest BCUT2D eigenvalue weighted by molar-refractivity contribution is -0.133. The number of hydrogen-bond acceptors (Lipinski definition) is 4. The second kappa shape index (κ2) is 9.46. The summed E-state index contributed by atoms with van der Waals surface area (Å²) in [5, 5.41) is 0.237. The Balaban J connectivity index is 1.17. The lowest BCUT2D eigenvalue weighted by Crippen LogP contribution is -2.48. The van der Waals surface area contributed by atoms with Gasteiger partial charge in [0.25, 0.3) is 0 Å². The van der Waals surface area contributed by atoms with Gasteiger partial charge < -0.3 is 4.90 Å². The molecule has 3 aliphatic rings. The summed E-state index contributed by atoms with van der Waals surface area (Å²) < 4.78 is 27.7. The minimum atomic E-state index is -3.65. The number of carbonyl (C=O) groups is 1. The highest BCUT2D eigenvalue weighted by molar-refractivity contribution is 7.89. The molecule has 0 atom stereocenters. The number of nitrogens with zero attached hydrogens (tertiary/aromatic N) is 3. The van der Waals surface area contributed by atoms with Gasteiger partial charge in [-0.3, -0.25) is 9.69 Å². The third-order valence-corrected chi connectivity index (χ3v) is 9.85. The Hall–Kier alpha value is -2.19. The molecule has 2 heterocycles. The molecule has 2 saturated heterocycles. The van der Waals surface area contributed by atoms with Crippen LogP contribution in [0.1, 0.15) is 30.4 Å². The van der Waals surface area contributed by atoms with Crippen LogP contribution in [0, 0.1) is 0 Å². The number of fused-ring (bicyclic) bond motifs is 2. The molecule has 2 fully saturated rings. The van der Waals surface area contributed by atoms with Crippen molar-refractivity contribution in [3.63, 3.8) is 0 Å². The maximum absolute atomic E-state index is 13.1. The molecule has 0 saturated carbocycles. The van der Waals surface area contributed by atoms with Crippen LogP contribution < -0.4 is 0 Å². The Kier molecular flexibility index (Phi) is 6.55. The molecule has 2 aromatic carbocycles. The van der Waals surface area contributed by atoms with E-state index in [1.165, 1.54) is 15.4 Å². The molecule has 1 aliphatic carbocycles. The SMILES string of the molecule is O=C(CN1CCCN(S(=O)(=O)c2ccccc2Cl)CC1)N1CCC2(C=Cc3ccccc32)CC1. The number of halogens is 1. The summed E-state index contributed by atoms with van der Waals surface area (Å²) in [6.07, 6.45) is 7.10. The summed E-state index contributed by atoms with van der Waals surface area (Å²) in [5.74, 6) is 0.132. The van der Waals surface area contributed by atoms with Crippen molar-refractivity contribution in [1.82, 2.24) is 14.1 Å². The first kappa shape index (κ1) is 23.5. The number of amides is 1. The number of carbonyl (C=O) groups excluding carboxylic acids is 1. The zero-order valence-corrected chi connectivity index (χ0v) is 20.8. The second-order valence-electron chi connectivity index (χ2n) is 9.42. The highest BCUT2D eigenvalue weighted by atomic mass is 35.5. The number of piperidine rings is 1. The van der Waals surface area contributed by atoms with Crippen LogP contribution in [0.2, 0.25) is 5.02 Å². The Morgan fingerprint density at radius 1 is 0.912 bits per heavy atom. The van der Waals surface area contributed by atoms with E-state index in [-0.39, 0.29) is 21.2 Å². The van der Waals surface area contributed by atoms with Crippen LogP contribution in [-0.2, 0) is 20.2 Å². The van der Waals surface area contributed by atoms with Gasteiger partial charge in [-0.1, -0.05) is 60.2 Å². The average molecular weight is 500 g/mol. The largest absolute Gasteiger partial charge is 0.342 e. The third kappa shape index (κ3) is 4.42. The molecule has 8 heteroatoms. The van der Waals surface area contributed by atoms with Crippen molar-refractivity contribution in [2.24, 2.45) is 0 Å². The number of allylic oxidation sites excluding steroid dienone is 1. The number of sulfonamides is 1. The van der Waals surface area contributed by atoms with Gasteiger partial charge in [0.2, 0.25) is 15.9 Å². The second-order valence-corrected chi connectivity index (χ2v) is 11.7. The molecule has 1 spiro atoms. The monoisotopic (exact) mass is 499 g/mol.